The first-order chi connectivity index (χ1) is 15.0. The highest BCUT2D eigenvalue weighted by molar-refractivity contribution is 7.80. The Kier molecular flexibility index (Phi) is 7.27. The summed E-state index contributed by atoms with van der Waals surface area (Å²) in [6, 6.07) is 6.30. The number of nitrogens with zero attached hydrogens (tertiary/aromatic N) is 2. The van der Waals surface area contributed by atoms with Crippen LogP contribution in [0.2, 0.25) is 0 Å². The minimum absolute atomic E-state index is 0.00172. The van der Waals surface area contributed by atoms with Crippen LogP contribution in [0.1, 0.15) is 50.6 Å². The van der Waals surface area contributed by atoms with E-state index >= 15 is 0 Å². The Balaban J connectivity index is 1.18. The first-order valence-corrected chi connectivity index (χ1v) is 12.3. The number of hydrogen-bond donors (Lipinski definition) is 3. The third kappa shape index (κ3) is 5.47. The first kappa shape index (κ1) is 22.3. The van der Waals surface area contributed by atoms with Gasteiger partial charge in [-0.2, -0.15) is 0 Å². The molecule has 4 unspecified atom stereocenters. The number of carbonyl (C=O) groups is 1. The topological polar surface area (TPSA) is 70.8 Å². The number of carbonyl (C=O) groups excluding carboxylic acids is 1. The normalized spacial score (nSPS) is 27.3. The molecule has 0 saturated carbocycles. The molecule has 1 aromatic rings. The summed E-state index contributed by atoms with van der Waals surface area (Å²) in [7, 11) is 0. The van der Waals surface area contributed by atoms with E-state index in [4.69, 9.17) is 12.2 Å². The lowest BCUT2D eigenvalue weighted by atomic mass is 9.83. The number of pyridine rings is 1. The zero-order valence-electron chi connectivity index (χ0n) is 18.6. The van der Waals surface area contributed by atoms with Crippen LogP contribution in [0, 0.1) is 5.92 Å². The second-order valence-electron chi connectivity index (χ2n) is 9.52. The fraction of sp³-hybridized carbons (Fsp3) is 0.696. The van der Waals surface area contributed by atoms with E-state index in [-0.39, 0.29) is 18.0 Å². The van der Waals surface area contributed by atoms with Crippen molar-refractivity contribution in [2.45, 2.75) is 57.5 Å². The van der Waals surface area contributed by atoms with Crippen molar-refractivity contribution in [3.63, 3.8) is 0 Å². The van der Waals surface area contributed by atoms with E-state index in [0.29, 0.717) is 16.9 Å². The molecule has 2 bridgehead atoms. The second kappa shape index (κ2) is 10.1. The van der Waals surface area contributed by atoms with Gasteiger partial charge in [-0.1, -0.05) is 6.07 Å². The number of quaternary nitrogens is 1. The van der Waals surface area contributed by atoms with Gasteiger partial charge >= 0.3 is 0 Å². The van der Waals surface area contributed by atoms with E-state index in [1.54, 1.807) is 11.0 Å². The Labute approximate surface area is 190 Å². The van der Waals surface area contributed by atoms with E-state index in [2.05, 4.69) is 28.5 Å². The lowest BCUT2D eigenvalue weighted by Gasteiger charge is -2.43. The number of piperidine rings is 2. The molecule has 31 heavy (non-hydrogen) atoms. The predicted molar refractivity (Wildman–Crippen MR) is 125 cm³/mol. The molecule has 0 radical (unpaired) electrons. The molecule has 170 valence electrons. The van der Waals surface area contributed by atoms with Crippen molar-refractivity contribution in [3.05, 3.63) is 34.2 Å². The maximum atomic E-state index is 12.2. The molecule has 3 aliphatic heterocycles. The lowest BCUT2D eigenvalue weighted by molar-refractivity contribution is -0.928. The van der Waals surface area contributed by atoms with Crippen molar-refractivity contribution in [1.29, 1.82) is 0 Å². The van der Waals surface area contributed by atoms with Crippen LogP contribution < -0.4 is 21.1 Å². The van der Waals surface area contributed by atoms with Gasteiger partial charge in [-0.3, -0.25) is 9.59 Å². The van der Waals surface area contributed by atoms with Gasteiger partial charge in [0, 0.05) is 50.3 Å². The molecule has 1 amide bonds. The molecule has 0 aliphatic carbocycles. The molecular weight excluding hydrogens is 410 g/mol. The molecule has 4 rings (SSSR count). The standard InChI is InChI=1S/C23H35N5O2S/c1-17-6-2-3-10-26(17)11-5-9-24-21(29)13-25-23(31)27-14-18-12-19(16-27)20-7-4-8-22(30)28(20)15-18/h4,7-8,17-19H,2-3,5-6,9-16H2,1H3,(H,24,29)(H,25,31)/p+1. The summed E-state index contributed by atoms with van der Waals surface area (Å²) in [5, 5.41) is 6.81. The Morgan fingerprint density at radius 3 is 2.94 bits per heavy atom. The number of likely N-dealkylation sites (tertiary alicyclic amines) is 2. The lowest BCUT2D eigenvalue weighted by Crippen LogP contribution is -3.16. The van der Waals surface area contributed by atoms with Gasteiger partial charge in [0.15, 0.2) is 5.11 Å². The average molecular weight is 447 g/mol. The van der Waals surface area contributed by atoms with Crippen LogP contribution in [0.25, 0.3) is 0 Å². The van der Waals surface area contributed by atoms with Gasteiger partial charge in [-0.25, -0.2) is 0 Å². The molecule has 3 N–H and O–H groups in total. The predicted octanol–water partition coefficient (Wildman–Crippen LogP) is 0.106. The maximum absolute atomic E-state index is 12.2. The first-order valence-electron chi connectivity index (χ1n) is 11.8. The van der Waals surface area contributed by atoms with E-state index in [1.165, 1.54) is 25.8 Å². The van der Waals surface area contributed by atoms with Crippen molar-refractivity contribution in [2.24, 2.45) is 5.92 Å². The number of amides is 1. The van der Waals surface area contributed by atoms with Crippen LogP contribution in [0.3, 0.4) is 0 Å². The van der Waals surface area contributed by atoms with E-state index in [9.17, 15) is 9.59 Å². The van der Waals surface area contributed by atoms with Gasteiger partial charge in [0.1, 0.15) is 0 Å². The Bertz CT molecular complexity index is 857. The molecular formula is C23H36N5O2S+. The van der Waals surface area contributed by atoms with Crippen molar-refractivity contribution in [3.8, 4) is 0 Å². The maximum Gasteiger partial charge on any atom is 0.250 e. The van der Waals surface area contributed by atoms with Gasteiger partial charge in [0.25, 0.3) is 5.56 Å². The summed E-state index contributed by atoms with van der Waals surface area (Å²) >= 11 is 5.59. The fourth-order valence-electron chi connectivity index (χ4n) is 5.56. The largest absolute Gasteiger partial charge is 0.354 e. The number of fused-ring (bicyclic) bond motifs is 4. The summed E-state index contributed by atoms with van der Waals surface area (Å²) in [5.41, 5.74) is 1.20. The Hall–Kier alpha value is -1.93. The third-order valence-electron chi connectivity index (χ3n) is 7.25. The highest BCUT2D eigenvalue weighted by Crippen LogP contribution is 2.34. The number of aromatic nitrogens is 1. The summed E-state index contributed by atoms with van der Waals surface area (Å²) in [6.45, 7) is 8.06. The van der Waals surface area contributed by atoms with E-state index in [0.717, 1.165) is 57.3 Å². The van der Waals surface area contributed by atoms with Gasteiger partial charge in [0.2, 0.25) is 5.91 Å². The zero-order chi connectivity index (χ0) is 21.8. The molecule has 8 heteroatoms. The molecule has 0 spiro atoms. The van der Waals surface area contributed by atoms with Crippen LogP contribution in [-0.2, 0) is 11.3 Å². The number of thiocarbonyl (C=S) groups is 1. The average Bonchev–Trinajstić information content (AvgIpc) is 2.77. The Morgan fingerprint density at radius 2 is 2.10 bits per heavy atom. The smallest absolute Gasteiger partial charge is 0.250 e. The van der Waals surface area contributed by atoms with Crippen LogP contribution in [0.15, 0.2) is 23.0 Å². The fourth-order valence-corrected chi connectivity index (χ4v) is 5.78. The van der Waals surface area contributed by atoms with Crippen LogP contribution in [0.5, 0.6) is 0 Å². The Morgan fingerprint density at radius 1 is 1.23 bits per heavy atom. The van der Waals surface area contributed by atoms with Crippen molar-refractivity contribution < 1.29 is 9.69 Å². The minimum Gasteiger partial charge on any atom is -0.354 e. The molecule has 0 aromatic carbocycles. The van der Waals surface area contributed by atoms with Gasteiger partial charge in [-0.15, -0.1) is 0 Å². The highest BCUT2D eigenvalue weighted by Gasteiger charge is 2.35. The van der Waals surface area contributed by atoms with Crippen molar-refractivity contribution >= 4 is 23.2 Å². The third-order valence-corrected chi connectivity index (χ3v) is 7.65. The number of rotatable bonds is 6. The molecule has 1 aromatic heterocycles. The molecule has 2 saturated heterocycles. The van der Waals surface area contributed by atoms with Crippen LogP contribution in [-0.4, -0.2) is 65.8 Å². The monoisotopic (exact) mass is 446 g/mol. The van der Waals surface area contributed by atoms with Crippen molar-refractivity contribution in [1.82, 2.24) is 20.1 Å². The molecule has 3 aliphatic rings. The quantitative estimate of drug-likeness (QED) is 0.427. The second-order valence-corrected chi connectivity index (χ2v) is 9.91. The summed E-state index contributed by atoms with van der Waals surface area (Å²) < 4.78 is 1.92. The highest BCUT2D eigenvalue weighted by atomic mass is 32.1. The minimum atomic E-state index is -0.00172. The van der Waals surface area contributed by atoms with Crippen molar-refractivity contribution in [2.75, 3.05) is 39.3 Å². The van der Waals surface area contributed by atoms with Gasteiger partial charge in [-0.05, 0) is 56.8 Å². The number of hydrogen-bond acceptors (Lipinski definition) is 3. The zero-order valence-corrected chi connectivity index (χ0v) is 19.4. The molecule has 2 fully saturated rings. The SMILES string of the molecule is CC1CCCC[NH+]1CCCNC(=O)CNC(=S)N1CC2CC(C1)c1cccc(=O)n1C2. The van der Waals surface area contributed by atoms with E-state index < -0.39 is 0 Å². The van der Waals surface area contributed by atoms with Gasteiger partial charge < -0.3 is 25.0 Å². The summed E-state index contributed by atoms with van der Waals surface area (Å²) in [5.74, 6) is 0.729. The van der Waals surface area contributed by atoms with E-state index in [1.807, 2.05) is 10.6 Å². The van der Waals surface area contributed by atoms with Crippen LogP contribution in [0.4, 0.5) is 0 Å². The summed E-state index contributed by atoms with van der Waals surface area (Å²) in [4.78, 5) is 28.3. The molecule has 4 atom stereocenters. The number of nitrogens with one attached hydrogen (secondary N) is 3. The van der Waals surface area contributed by atoms with Gasteiger partial charge in [0.05, 0.1) is 25.7 Å². The van der Waals surface area contributed by atoms with Crippen LogP contribution >= 0.6 is 12.2 Å². The molecule has 4 heterocycles. The molecule has 7 nitrogen and oxygen atoms in total. The summed E-state index contributed by atoms with van der Waals surface area (Å²) in [6.07, 6.45) is 6.12.